The summed E-state index contributed by atoms with van der Waals surface area (Å²) in [6.07, 6.45) is 0. The summed E-state index contributed by atoms with van der Waals surface area (Å²) in [6, 6.07) is 24.0. The van der Waals surface area contributed by atoms with Crippen molar-refractivity contribution < 1.29 is 4.79 Å². The Morgan fingerprint density at radius 2 is 1.56 bits per heavy atom. The Labute approximate surface area is 165 Å². The van der Waals surface area contributed by atoms with Gasteiger partial charge in [0.05, 0.1) is 0 Å². The minimum atomic E-state index is 0.0198. The highest BCUT2D eigenvalue weighted by molar-refractivity contribution is 6.30. The van der Waals surface area contributed by atoms with E-state index in [9.17, 15) is 4.79 Å². The van der Waals surface area contributed by atoms with Gasteiger partial charge in [0.1, 0.15) is 0 Å². The van der Waals surface area contributed by atoms with Crippen LogP contribution in [0.3, 0.4) is 0 Å². The Morgan fingerprint density at radius 1 is 0.889 bits per heavy atom. The Morgan fingerprint density at radius 3 is 2.22 bits per heavy atom. The summed E-state index contributed by atoms with van der Waals surface area (Å²) in [7, 11) is 3.52. The third-order valence-electron chi connectivity index (χ3n) is 4.42. The molecular formula is C23H23ClN2O. The molecule has 0 bridgehead atoms. The molecule has 4 heteroatoms. The van der Waals surface area contributed by atoms with E-state index in [4.69, 9.17) is 11.6 Å². The highest BCUT2D eigenvalue weighted by Gasteiger charge is 2.08. The molecular weight excluding hydrogens is 356 g/mol. The van der Waals surface area contributed by atoms with Crippen molar-refractivity contribution in [1.82, 2.24) is 10.2 Å². The predicted molar refractivity (Wildman–Crippen MR) is 112 cm³/mol. The SMILES string of the molecule is CN(C)C(=O)c1ccc(CNCc2ccccc2-c2ccc(Cl)cc2)cc1. The molecule has 1 amide bonds. The fourth-order valence-corrected chi connectivity index (χ4v) is 3.08. The molecule has 3 nitrogen and oxygen atoms in total. The van der Waals surface area contributed by atoms with Crippen molar-refractivity contribution in [2.75, 3.05) is 14.1 Å². The molecule has 0 fully saturated rings. The zero-order valence-corrected chi connectivity index (χ0v) is 16.3. The summed E-state index contributed by atoms with van der Waals surface area (Å²) in [5.74, 6) is 0.0198. The first-order chi connectivity index (χ1) is 13.0. The van der Waals surface area contributed by atoms with Crippen molar-refractivity contribution in [3.63, 3.8) is 0 Å². The molecule has 3 rings (SSSR count). The molecule has 0 radical (unpaired) electrons. The van der Waals surface area contributed by atoms with Gasteiger partial charge in [-0.05, 0) is 46.5 Å². The summed E-state index contributed by atoms with van der Waals surface area (Å²) in [4.78, 5) is 13.5. The van der Waals surface area contributed by atoms with E-state index >= 15 is 0 Å². The monoisotopic (exact) mass is 378 g/mol. The fraction of sp³-hybridized carbons (Fsp3) is 0.174. The first kappa shape index (κ1) is 19.2. The van der Waals surface area contributed by atoms with Crippen molar-refractivity contribution in [2.24, 2.45) is 0 Å². The van der Waals surface area contributed by atoms with E-state index < -0.39 is 0 Å². The maximum Gasteiger partial charge on any atom is 0.253 e. The quantitative estimate of drug-likeness (QED) is 0.654. The smallest absolute Gasteiger partial charge is 0.253 e. The molecule has 3 aromatic carbocycles. The van der Waals surface area contributed by atoms with Crippen LogP contribution in [0.2, 0.25) is 5.02 Å². The van der Waals surface area contributed by atoms with Gasteiger partial charge in [0.15, 0.2) is 0 Å². The molecule has 0 aliphatic heterocycles. The van der Waals surface area contributed by atoms with E-state index in [1.807, 2.05) is 54.6 Å². The van der Waals surface area contributed by atoms with Crippen LogP contribution in [0, 0.1) is 0 Å². The van der Waals surface area contributed by atoms with Crippen molar-refractivity contribution in [3.05, 3.63) is 94.5 Å². The van der Waals surface area contributed by atoms with Gasteiger partial charge in [-0.15, -0.1) is 0 Å². The molecule has 3 aromatic rings. The number of nitrogens with one attached hydrogen (secondary N) is 1. The Bertz CT molecular complexity index is 902. The lowest BCUT2D eigenvalue weighted by Gasteiger charge is -2.12. The number of benzene rings is 3. The first-order valence-corrected chi connectivity index (χ1v) is 9.27. The highest BCUT2D eigenvalue weighted by atomic mass is 35.5. The molecule has 27 heavy (non-hydrogen) atoms. The van der Waals surface area contributed by atoms with Crippen LogP contribution in [-0.2, 0) is 13.1 Å². The van der Waals surface area contributed by atoms with Crippen LogP contribution >= 0.6 is 11.6 Å². The van der Waals surface area contributed by atoms with Gasteiger partial charge in [-0.3, -0.25) is 4.79 Å². The van der Waals surface area contributed by atoms with Crippen molar-refractivity contribution >= 4 is 17.5 Å². The molecule has 0 aromatic heterocycles. The minimum absolute atomic E-state index is 0.0198. The van der Waals surface area contributed by atoms with Gasteiger partial charge in [0, 0.05) is 37.8 Å². The van der Waals surface area contributed by atoms with Gasteiger partial charge >= 0.3 is 0 Å². The average molecular weight is 379 g/mol. The van der Waals surface area contributed by atoms with Crippen LogP contribution in [0.4, 0.5) is 0 Å². The van der Waals surface area contributed by atoms with Crippen molar-refractivity contribution in [1.29, 1.82) is 0 Å². The van der Waals surface area contributed by atoms with Crippen molar-refractivity contribution in [3.8, 4) is 11.1 Å². The molecule has 1 N–H and O–H groups in total. The second-order valence-corrected chi connectivity index (χ2v) is 7.10. The van der Waals surface area contributed by atoms with Crippen LogP contribution in [0.5, 0.6) is 0 Å². The van der Waals surface area contributed by atoms with Crippen LogP contribution in [0.15, 0.2) is 72.8 Å². The number of carbonyl (C=O) groups is 1. The second kappa shape index (κ2) is 8.85. The summed E-state index contributed by atoms with van der Waals surface area (Å²) in [6.45, 7) is 1.50. The summed E-state index contributed by atoms with van der Waals surface area (Å²) in [5, 5.41) is 4.23. The molecule has 138 valence electrons. The standard InChI is InChI=1S/C23H23ClN2O/c1-26(2)23(27)19-9-7-17(8-10-19)15-25-16-20-5-3-4-6-22(20)18-11-13-21(24)14-12-18/h3-14,25H,15-16H2,1-2H3. The average Bonchev–Trinajstić information content (AvgIpc) is 2.69. The van der Waals surface area contributed by atoms with Crippen LogP contribution < -0.4 is 5.32 Å². The number of rotatable bonds is 6. The van der Waals surface area contributed by atoms with Crippen molar-refractivity contribution in [2.45, 2.75) is 13.1 Å². The molecule has 0 aliphatic carbocycles. The van der Waals surface area contributed by atoms with Gasteiger partial charge in [0.25, 0.3) is 5.91 Å². The van der Waals surface area contributed by atoms with Crippen LogP contribution in [-0.4, -0.2) is 24.9 Å². The largest absolute Gasteiger partial charge is 0.345 e. The fourth-order valence-electron chi connectivity index (χ4n) is 2.95. The summed E-state index contributed by atoms with van der Waals surface area (Å²) >= 11 is 6.00. The predicted octanol–water partition coefficient (Wildman–Crippen LogP) is 5.00. The highest BCUT2D eigenvalue weighted by Crippen LogP contribution is 2.25. The number of nitrogens with zero attached hydrogens (tertiary/aromatic N) is 1. The normalized spacial score (nSPS) is 10.6. The molecule has 0 heterocycles. The molecule has 0 unspecified atom stereocenters. The second-order valence-electron chi connectivity index (χ2n) is 6.66. The lowest BCUT2D eigenvalue weighted by molar-refractivity contribution is 0.0827. The van der Waals surface area contributed by atoms with E-state index in [2.05, 4.69) is 23.5 Å². The topological polar surface area (TPSA) is 32.3 Å². The third kappa shape index (κ3) is 4.97. The summed E-state index contributed by atoms with van der Waals surface area (Å²) in [5.41, 5.74) is 5.45. The van der Waals surface area contributed by atoms with E-state index in [1.165, 1.54) is 11.1 Å². The Balaban J connectivity index is 1.64. The lowest BCUT2D eigenvalue weighted by Crippen LogP contribution is -2.21. The number of hydrogen-bond acceptors (Lipinski definition) is 2. The van der Waals surface area contributed by atoms with Gasteiger partial charge < -0.3 is 10.2 Å². The van der Waals surface area contributed by atoms with E-state index in [0.717, 1.165) is 29.2 Å². The maximum atomic E-state index is 12.0. The van der Waals surface area contributed by atoms with Crippen LogP contribution in [0.1, 0.15) is 21.5 Å². The first-order valence-electron chi connectivity index (χ1n) is 8.90. The Hall–Kier alpha value is -2.62. The zero-order valence-electron chi connectivity index (χ0n) is 15.6. The molecule has 0 aliphatic rings. The van der Waals surface area contributed by atoms with E-state index in [0.29, 0.717) is 5.56 Å². The number of hydrogen-bond donors (Lipinski definition) is 1. The minimum Gasteiger partial charge on any atom is -0.345 e. The molecule has 0 spiro atoms. The van der Waals surface area contributed by atoms with Gasteiger partial charge in [0.2, 0.25) is 0 Å². The molecule has 0 atom stereocenters. The van der Waals surface area contributed by atoms with E-state index in [1.54, 1.807) is 19.0 Å². The summed E-state index contributed by atoms with van der Waals surface area (Å²) < 4.78 is 0. The van der Waals surface area contributed by atoms with Gasteiger partial charge in [-0.1, -0.05) is 60.1 Å². The van der Waals surface area contributed by atoms with Crippen LogP contribution in [0.25, 0.3) is 11.1 Å². The van der Waals surface area contributed by atoms with E-state index in [-0.39, 0.29) is 5.91 Å². The zero-order chi connectivity index (χ0) is 19.2. The Kier molecular flexibility index (Phi) is 6.28. The number of halogens is 1. The number of amides is 1. The molecule has 0 saturated heterocycles. The molecule has 0 saturated carbocycles. The van der Waals surface area contributed by atoms with Gasteiger partial charge in [-0.2, -0.15) is 0 Å². The number of carbonyl (C=O) groups excluding carboxylic acids is 1. The third-order valence-corrected chi connectivity index (χ3v) is 4.68. The maximum absolute atomic E-state index is 12.0. The van der Waals surface area contributed by atoms with Gasteiger partial charge in [-0.25, -0.2) is 0 Å². The lowest BCUT2D eigenvalue weighted by atomic mass is 9.99.